The van der Waals surface area contributed by atoms with E-state index in [0.29, 0.717) is 13.2 Å². The number of rotatable bonds is 6. The molecule has 10 heteroatoms. The van der Waals surface area contributed by atoms with Gasteiger partial charge < -0.3 is 14.4 Å². The van der Waals surface area contributed by atoms with Crippen LogP contribution in [-0.4, -0.2) is 58.1 Å². The van der Waals surface area contributed by atoms with Crippen molar-refractivity contribution < 1.29 is 9.47 Å². The molecule has 1 aromatic carbocycles. The highest BCUT2D eigenvalue weighted by atomic mass is 32.2. The van der Waals surface area contributed by atoms with Gasteiger partial charge in [0.1, 0.15) is 21.9 Å². The number of nitrogens with zero attached hydrogens (tertiary/aromatic N) is 6. The summed E-state index contributed by atoms with van der Waals surface area (Å²) in [6, 6.07) is 8.06. The Labute approximate surface area is 188 Å². The Bertz CT molecular complexity index is 1180. The number of methoxy groups -OCH3 is 1. The first-order valence-electron chi connectivity index (χ1n) is 10.1. The van der Waals surface area contributed by atoms with Crippen molar-refractivity contribution in [2.75, 3.05) is 38.3 Å². The molecule has 0 N–H and O–H groups in total. The van der Waals surface area contributed by atoms with Crippen LogP contribution in [0.1, 0.15) is 6.92 Å². The van der Waals surface area contributed by atoms with Crippen molar-refractivity contribution in [1.29, 1.82) is 0 Å². The normalized spacial score (nSPS) is 14.3. The average Bonchev–Trinajstić information content (AvgIpc) is 3.44. The third kappa shape index (κ3) is 3.86. The number of thiophene rings is 1. The molecule has 4 heterocycles. The van der Waals surface area contributed by atoms with Crippen molar-refractivity contribution in [1.82, 2.24) is 24.7 Å². The first-order chi connectivity index (χ1) is 15.3. The fraction of sp³-hybridized carbons (Fsp3) is 0.333. The van der Waals surface area contributed by atoms with E-state index in [1.165, 1.54) is 11.8 Å². The maximum Gasteiger partial charge on any atom is 0.228 e. The highest BCUT2D eigenvalue weighted by Gasteiger charge is 2.22. The van der Waals surface area contributed by atoms with Crippen LogP contribution >= 0.6 is 23.1 Å². The van der Waals surface area contributed by atoms with Crippen molar-refractivity contribution in [2.24, 2.45) is 0 Å². The molecular weight excluding hydrogens is 432 g/mol. The lowest BCUT2D eigenvalue weighted by Gasteiger charge is -2.27. The van der Waals surface area contributed by atoms with E-state index < -0.39 is 0 Å². The van der Waals surface area contributed by atoms with Gasteiger partial charge in [-0.1, -0.05) is 12.1 Å². The van der Waals surface area contributed by atoms with Crippen LogP contribution < -0.4 is 9.64 Å². The van der Waals surface area contributed by atoms with E-state index in [1.54, 1.807) is 24.8 Å². The van der Waals surface area contributed by atoms with Gasteiger partial charge >= 0.3 is 0 Å². The molecule has 8 nitrogen and oxygen atoms in total. The van der Waals surface area contributed by atoms with Crippen molar-refractivity contribution in [2.45, 2.75) is 23.7 Å². The fourth-order valence-corrected chi connectivity index (χ4v) is 5.59. The molecule has 5 rings (SSSR count). The third-order valence-corrected chi connectivity index (χ3v) is 7.11. The van der Waals surface area contributed by atoms with E-state index in [1.807, 2.05) is 12.1 Å². The number of fused-ring (bicyclic) bond motifs is 1. The number of aromatic nitrogens is 5. The summed E-state index contributed by atoms with van der Waals surface area (Å²) >= 11 is 3.16. The Hall–Kier alpha value is -2.69. The number of hydrogen-bond acceptors (Lipinski definition) is 9. The lowest BCUT2D eigenvalue weighted by atomic mass is 10.1. The highest BCUT2D eigenvalue weighted by molar-refractivity contribution is 7.99. The Morgan fingerprint density at radius 2 is 1.94 bits per heavy atom. The largest absolute Gasteiger partial charge is 0.497 e. The third-order valence-electron chi connectivity index (χ3n) is 5.23. The quantitative estimate of drug-likeness (QED) is 0.405. The zero-order valence-electron chi connectivity index (χ0n) is 17.3. The lowest BCUT2D eigenvalue weighted by molar-refractivity contribution is 0.121. The molecule has 0 atom stereocenters. The molecule has 0 unspecified atom stereocenters. The standard InChI is InChI=1S/C21H22N6O2S2/c1-3-27-20(26-8-10-29-11-9-26)24-25-21(27)31-19-17-16(12-30-18(17)22-13-23-19)14-4-6-15(28-2)7-5-14/h4-7,12-13H,3,8-11H2,1-2H3. The second kappa shape index (κ2) is 8.81. The minimum absolute atomic E-state index is 0.714. The molecular formula is C21H22N6O2S2. The molecule has 160 valence electrons. The minimum Gasteiger partial charge on any atom is -0.497 e. The topological polar surface area (TPSA) is 78.2 Å². The maximum absolute atomic E-state index is 5.48. The molecule has 0 aliphatic carbocycles. The molecule has 1 aliphatic heterocycles. The van der Waals surface area contributed by atoms with Gasteiger partial charge in [0.15, 0.2) is 5.16 Å². The Morgan fingerprint density at radius 1 is 1.13 bits per heavy atom. The van der Waals surface area contributed by atoms with Gasteiger partial charge in [-0.25, -0.2) is 9.97 Å². The molecule has 0 saturated carbocycles. The van der Waals surface area contributed by atoms with E-state index in [0.717, 1.165) is 62.9 Å². The molecule has 1 aliphatic rings. The summed E-state index contributed by atoms with van der Waals surface area (Å²) in [5.41, 5.74) is 2.22. The van der Waals surface area contributed by atoms with Gasteiger partial charge in [0, 0.05) is 30.6 Å². The minimum atomic E-state index is 0.714. The lowest BCUT2D eigenvalue weighted by Crippen LogP contribution is -2.38. The van der Waals surface area contributed by atoms with Crippen molar-refractivity contribution >= 4 is 39.3 Å². The van der Waals surface area contributed by atoms with Crippen LogP contribution in [0, 0.1) is 0 Å². The fourth-order valence-electron chi connectivity index (χ4n) is 3.63. The van der Waals surface area contributed by atoms with Crippen LogP contribution in [0.2, 0.25) is 0 Å². The average molecular weight is 455 g/mol. The molecule has 3 aromatic heterocycles. The van der Waals surface area contributed by atoms with Crippen LogP contribution in [0.4, 0.5) is 5.95 Å². The van der Waals surface area contributed by atoms with Gasteiger partial charge in [-0.2, -0.15) is 0 Å². The van der Waals surface area contributed by atoms with Crippen LogP contribution in [0.3, 0.4) is 0 Å². The first-order valence-corrected chi connectivity index (χ1v) is 11.8. The number of anilines is 1. The van der Waals surface area contributed by atoms with Gasteiger partial charge in [0.25, 0.3) is 0 Å². The van der Waals surface area contributed by atoms with E-state index >= 15 is 0 Å². The Kier molecular flexibility index (Phi) is 5.75. The predicted octanol–water partition coefficient (Wildman–Crippen LogP) is 3.97. The number of ether oxygens (including phenoxy) is 2. The van der Waals surface area contributed by atoms with E-state index in [4.69, 9.17) is 9.47 Å². The van der Waals surface area contributed by atoms with Crippen molar-refractivity contribution in [3.63, 3.8) is 0 Å². The molecule has 0 radical (unpaired) electrons. The number of morpholine rings is 1. The zero-order chi connectivity index (χ0) is 21.2. The summed E-state index contributed by atoms with van der Waals surface area (Å²) < 4.78 is 12.9. The van der Waals surface area contributed by atoms with Crippen LogP contribution in [0.25, 0.3) is 21.3 Å². The molecule has 4 aromatic rings. The monoisotopic (exact) mass is 454 g/mol. The second-order valence-electron chi connectivity index (χ2n) is 6.97. The van der Waals surface area contributed by atoms with Crippen LogP contribution in [0.5, 0.6) is 5.75 Å². The Morgan fingerprint density at radius 3 is 2.68 bits per heavy atom. The van der Waals surface area contributed by atoms with Crippen molar-refractivity contribution in [3.05, 3.63) is 36.0 Å². The number of benzene rings is 1. The summed E-state index contributed by atoms with van der Waals surface area (Å²) in [5.74, 6) is 1.72. The maximum atomic E-state index is 5.48. The van der Waals surface area contributed by atoms with Crippen LogP contribution in [-0.2, 0) is 11.3 Å². The second-order valence-corrected chi connectivity index (χ2v) is 8.78. The molecule has 1 fully saturated rings. The first kappa shape index (κ1) is 20.2. The highest BCUT2D eigenvalue weighted by Crippen LogP contribution is 2.40. The molecule has 1 saturated heterocycles. The summed E-state index contributed by atoms with van der Waals surface area (Å²) in [4.78, 5) is 12.3. The molecule has 0 bridgehead atoms. The summed E-state index contributed by atoms with van der Waals surface area (Å²) in [6.07, 6.45) is 1.62. The smallest absolute Gasteiger partial charge is 0.228 e. The van der Waals surface area contributed by atoms with Gasteiger partial charge in [-0.3, -0.25) is 4.57 Å². The van der Waals surface area contributed by atoms with E-state index in [9.17, 15) is 0 Å². The summed E-state index contributed by atoms with van der Waals surface area (Å²) in [5, 5.41) is 13.9. The molecule has 0 spiro atoms. The van der Waals surface area contributed by atoms with Gasteiger partial charge in [-0.05, 0) is 36.4 Å². The zero-order valence-corrected chi connectivity index (χ0v) is 18.9. The number of hydrogen-bond donors (Lipinski definition) is 0. The van der Waals surface area contributed by atoms with Gasteiger partial charge in [-0.15, -0.1) is 21.5 Å². The molecule has 31 heavy (non-hydrogen) atoms. The summed E-state index contributed by atoms with van der Waals surface area (Å²) in [6.45, 7) is 5.97. The van der Waals surface area contributed by atoms with Crippen LogP contribution in [0.15, 0.2) is 46.2 Å². The summed E-state index contributed by atoms with van der Waals surface area (Å²) in [7, 11) is 1.67. The van der Waals surface area contributed by atoms with E-state index in [2.05, 4.69) is 54.1 Å². The van der Waals surface area contributed by atoms with E-state index in [-0.39, 0.29) is 0 Å². The SMILES string of the molecule is CCn1c(Sc2ncnc3scc(-c4ccc(OC)cc4)c23)nnc1N1CCOCC1. The predicted molar refractivity (Wildman–Crippen MR) is 122 cm³/mol. The molecule has 0 amide bonds. The van der Waals surface area contributed by atoms with Gasteiger partial charge in [0.2, 0.25) is 5.95 Å². The van der Waals surface area contributed by atoms with Crippen molar-refractivity contribution in [3.8, 4) is 16.9 Å². The van der Waals surface area contributed by atoms with Gasteiger partial charge in [0.05, 0.1) is 25.7 Å². The Balaban J connectivity index is 1.52.